The SMILES string of the molecule is COc1cc(F)c(NC(=O)NCC2(O)CCOC2)cc1F. The van der Waals surface area contributed by atoms with Gasteiger partial charge >= 0.3 is 6.03 Å². The molecule has 6 nitrogen and oxygen atoms in total. The first-order valence-corrected chi connectivity index (χ1v) is 6.31. The van der Waals surface area contributed by atoms with E-state index in [9.17, 15) is 18.7 Å². The standard InChI is InChI=1S/C13H16F2N2O4/c1-20-11-5-8(14)10(4-9(11)15)17-12(18)16-6-13(19)2-3-21-7-13/h4-5,19H,2-3,6-7H2,1H3,(H2,16,17,18). The Morgan fingerprint density at radius 2 is 2.24 bits per heavy atom. The van der Waals surface area contributed by atoms with Crippen molar-refractivity contribution in [3.63, 3.8) is 0 Å². The molecule has 1 fully saturated rings. The molecule has 116 valence electrons. The van der Waals surface area contributed by atoms with Crippen LogP contribution in [0.1, 0.15) is 6.42 Å². The molecule has 3 N–H and O–H groups in total. The highest BCUT2D eigenvalue weighted by atomic mass is 19.1. The topological polar surface area (TPSA) is 79.8 Å². The third-order valence-corrected chi connectivity index (χ3v) is 3.15. The number of halogens is 2. The molecule has 8 heteroatoms. The predicted octanol–water partition coefficient (Wildman–Crippen LogP) is 1.25. The van der Waals surface area contributed by atoms with E-state index in [0.717, 1.165) is 12.1 Å². The summed E-state index contributed by atoms with van der Waals surface area (Å²) in [6, 6.07) is 0.906. The van der Waals surface area contributed by atoms with E-state index in [1.54, 1.807) is 0 Å². The molecule has 0 spiro atoms. The number of ether oxygens (including phenoxy) is 2. The highest BCUT2D eigenvalue weighted by Gasteiger charge is 2.32. The Labute approximate surface area is 120 Å². The molecule has 1 atom stereocenters. The molecular formula is C13H16F2N2O4. The maximum absolute atomic E-state index is 13.6. The lowest BCUT2D eigenvalue weighted by Crippen LogP contribution is -2.44. The molecule has 0 radical (unpaired) electrons. The number of carbonyl (C=O) groups is 1. The number of amides is 2. The van der Waals surface area contributed by atoms with E-state index < -0.39 is 23.3 Å². The average molecular weight is 302 g/mol. The molecule has 1 aromatic rings. The van der Waals surface area contributed by atoms with Gasteiger partial charge in [0.1, 0.15) is 5.60 Å². The van der Waals surface area contributed by atoms with E-state index >= 15 is 0 Å². The van der Waals surface area contributed by atoms with Gasteiger partial charge in [0, 0.05) is 25.2 Å². The number of methoxy groups -OCH3 is 1. The summed E-state index contributed by atoms with van der Waals surface area (Å²) in [5.74, 6) is -1.88. The molecule has 1 unspecified atom stereocenters. The highest BCUT2D eigenvalue weighted by molar-refractivity contribution is 5.89. The van der Waals surface area contributed by atoms with Crippen LogP contribution in [-0.2, 0) is 4.74 Å². The average Bonchev–Trinajstić information content (AvgIpc) is 2.88. The first-order chi connectivity index (χ1) is 9.93. The quantitative estimate of drug-likeness (QED) is 0.782. The van der Waals surface area contributed by atoms with Crippen molar-refractivity contribution in [1.82, 2.24) is 5.32 Å². The van der Waals surface area contributed by atoms with E-state index in [4.69, 9.17) is 4.74 Å². The number of hydrogen-bond acceptors (Lipinski definition) is 4. The summed E-state index contributed by atoms with van der Waals surface area (Å²) in [6.07, 6.45) is 0.402. The number of urea groups is 1. The molecule has 0 aliphatic carbocycles. The Bertz CT molecular complexity index is 533. The van der Waals surface area contributed by atoms with Crippen LogP contribution < -0.4 is 15.4 Å². The highest BCUT2D eigenvalue weighted by Crippen LogP contribution is 2.24. The van der Waals surface area contributed by atoms with Crippen molar-refractivity contribution in [3.05, 3.63) is 23.8 Å². The molecule has 2 rings (SSSR count). The largest absolute Gasteiger partial charge is 0.494 e. The van der Waals surface area contributed by atoms with Gasteiger partial charge in [-0.25, -0.2) is 13.6 Å². The van der Waals surface area contributed by atoms with Gasteiger partial charge in [0.05, 0.1) is 25.9 Å². The van der Waals surface area contributed by atoms with Crippen molar-refractivity contribution >= 4 is 11.7 Å². The molecule has 0 saturated carbocycles. The zero-order chi connectivity index (χ0) is 15.5. The molecule has 1 aliphatic heterocycles. The fourth-order valence-corrected chi connectivity index (χ4v) is 1.93. The Morgan fingerprint density at radius 3 is 2.86 bits per heavy atom. The summed E-state index contributed by atoms with van der Waals surface area (Å²) >= 11 is 0. The number of nitrogens with one attached hydrogen (secondary N) is 2. The second-order valence-electron chi connectivity index (χ2n) is 4.80. The van der Waals surface area contributed by atoms with Gasteiger partial charge in [0.15, 0.2) is 17.4 Å². The minimum Gasteiger partial charge on any atom is -0.494 e. The third kappa shape index (κ3) is 3.79. The zero-order valence-corrected chi connectivity index (χ0v) is 11.4. The van der Waals surface area contributed by atoms with E-state index in [0.29, 0.717) is 13.0 Å². The van der Waals surface area contributed by atoms with E-state index in [-0.39, 0.29) is 24.6 Å². The van der Waals surface area contributed by atoms with Crippen LogP contribution in [0.5, 0.6) is 5.75 Å². The van der Waals surface area contributed by atoms with Gasteiger partial charge in [-0.15, -0.1) is 0 Å². The van der Waals surface area contributed by atoms with Crippen molar-refractivity contribution in [2.24, 2.45) is 0 Å². The van der Waals surface area contributed by atoms with E-state index in [2.05, 4.69) is 15.4 Å². The number of benzene rings is 1. The van der Waals surface area contributed by atoms with Crippen LogP contribution in [0.3, 0.4) is 0 Å². The first kappa shape index (κ1) is 15.5. The number of hydrogen-bond donors (Lipinski definition) is 3. The van der Waals surface area contributed by atoms with E-state index in [1.807, 2.05) is 0 Å². The molecule has 2 amide bonds. The zero-order valence-electron chi connectivity index (χ0n) is 11.4. The van der Waals surface area contributed by atoms with Gasteiger partial charge in [-0.2, -0.15) is 0 Å². The molecule has 1 aliphatic rings. The van der Waals surface area contributed by atoms with Crippen molar-refractivity contribution in [2.75, 3.05) is 32.2 Å². The van der Waals surface area contributed by atoms with Crippen molar-refractivity contribution in [3.8, 4) is 5.75 Å². The number of carbonyl (C=O) groups excluding carboxylic acids is 1. The van der Waals surface area contributed by atoms with Crippen LogP contribution >= 0.6 is 0 Å². The minimum atomic E-state index is -1.12. The molecule has 21 heavy (non-hydrogen) atoms. The summed E-state index contributed by atoms with van der Waals surface area (Å²) in [7, 11) is 1.21. The molecule has 0 bridgehead atoms. The van der Waals surface area contributed by atoms with Gasteiger partial charge in [0.2, 0.25) is 0 Å². The molecule has 0 aromatic heterocycles. The van der Waals surface area contributed by atoms with Crippen LogP contribution in [0.15, 0.2) is 12.1 Å². The maximum atomic E-state index is 13.6. The summed E-state index contributed by atoms with van der Waals surface area (Å²) in [6.45, 7) is 0.496. The third-order valence-electron chi connectivity index (χ3n) is 3.15. The second kappa shape index (κ2) is 6.23. The molecule has 1 saturated heterocycles. The van der Waals surface area contributed by atoms with Gasteiger partial charge in [-0.1, -0.05) is 0 Å². The van der Waals surface area contributed by atoms with Crippen LogP contribution in [-0.4, -0.2) is 43.6 Å². The molecule has 1 aromatic carbocycles. The van der Waals surface area contributed by atoms with Gasteiger partial charge in [0.25, 0.3) is 0 Å². The summed E-state index contributed by atoms with van der Waals surface area (Å²) < 4.78 is 36.7. The Morgan fingerprint density at radius 1 is 1.48 bits per heavy atom. The normalized spacial score (nSPS) is 21.1. The Kier molecular flexibility index (Phi) is 4.59. The lowest BCUT2D eigenvalue weighted by atomic mass is 10.0. The first-order valence-electron chi connectivity index (χ1n) is 6.31. The fourth-order valence-electron chi connectivity index (χ4n) is 1.93. The van der Waals surface area contributed by atoms with Crippen molar-refractivity contribution < 1.29 is 28.2 Å². The summed E-state index contributed by atoms with van der Waals surface area (Å²) in [4.78, 5) is 11.6. The summed E-state index contributed by atoms with van der Waals surface area (Å²) in [5, 5.41) is 14.5. The Balaban J connectivity index is 1.95. The maximum Gasteiger partial charge on any atom is 0.319 e. The number of rotatable bonds is 4. The lowest BCUT2D eigenvalue weighted by Gasteiger charge is -2.20. The second-order valence-corrected chi connectivity index (χ2v) is 4.80. The van der Waals surface area contributed by atoms with Crippen LogP contribution in [0.25, 0.3) is 0 Å². The van der Waals surface area contributed by atoms with Gasteiger partial charge < -0.3 is 25.2 Å². The lowest BCUT2D eigenvalue weighted by molar-refractivity contribution is 0.0295. The van der Waals surface area contributed by atoms with Crippen molar-refractivity contribution in [2.45, 2.75) is 12.0 Å². The van der Waals surface area contributed by atoms with Crippen LogP contribution in [0.4, 0.5) is 19.3 Å². The monoisotopic (exact) mass is 302 g/mol. The van der Waals surface area contributed by atoms with Crippen LogP contribution in [0, 0.1) is 11.6 Å². The van der Waals surface area contributed by atoms with Gasteiger partial charge in [-0.3, -0.25) is 0 Å². The van der Waals surface area contributed by atoms with Gasteiger partial charge in [-0.05, 0) is 0 Å². The molecular weight excluding hydrogens is 286 g/mol. The number of aliphatic hydroxyl groups is 1. The van der Waals surface area contributed by atoms with Crippen LogP contribution in [0.2, 0.25) is 0 Å². The Hall–Kier alpha value is -1.93. The number of anilines is 1. The van der Waals surface area contributed by atoms with E-state index in [1.165, 1.54) is 7.11 Å². The smallest absolute Gasteiger partial charge is 0.319 e. The fraction of sp³-hybridized carbons (Fsp3) is 0.462. The predicted molar refractivity (Wildman–Crippen MR) is 70.3 cm³/mol. The molecule has 1 heterocycles. The summed E-state index contributed by atoms with van der Waals surface area (Å²) in [5.41, 5.74) is -1.44. The minimum absolute atomic E-state index is 0.0426. The van der Waals surface area contributed by atoms with Crippen molar-refractivity contribution in [1.29, 1.82) is 0 Å².